The Morgan fingerprint density at radius 3 is 2.14 bits per heavy atom. The van der Waals surface area contributed by atoms with E-state index < -0.39 is 54.2 Å². The monoisotopic (exact) mass is 599 g/mol. The fourth-order valence-electron chi connectivity index (χ4n) is 4.93. The predicted octanol–water partition coefficient (Wildman–Crippen LogP) is 2.57. The molecule has 4 N–H and O–H groups in total. The molecule has 0 spiro atoms. The van der Waals surface area contributed by atoms with Crippen molar-refractivity contribution in [3.63, 3.8) is 0 Å². The first-order valence-corrected chi connectivity index (χ1v) is 14.1. The van der Waals surface area contributed by atoms with Crippen LogP contribution in [-0.2, 0) is 30.5 Å². The molecule has 228 valence electrons. The van der Waals surface area contributed by atoms with Crippen molar-refractivity contribution in [1.82, 2.24) is 16.0 Å². The number of ether oxygens (including phenoxy) is 1. The Kier molecular flexibility index (Phi) is 10.0. The van der Waals surface area contributed by atoms with Gasteiger partial charge in [-0.25, -0.2) is 4.79 Å². The molecule has 1 aliphatic carbocycles. The SMILES string of the molecule is CCC(NC(=O)C(=O)C(COCc1ccccc1)NC(=O)[C@@H](C)NC(=O)c1ccc(C)c2c1C(=O)c1ccccc1-2)C(=O)O. The lowest BCUT2D eigenvalue weighted by Crippen LogP contribution is -2.56. The number of hydrogen-bond acceptors (Lipinski definition) is 7. The third-order valence-electron chi connectivity index (χ3n) is 7.33. The van der Waals surface area contributed by atoms with Crippen molar-refractivity contribution < 1.29 is 38.6 Å². The molecular weight excluding hydrogens is 566 g/mol. The summed E-state index contributed by atoms with van der Waals surface area (Å²) in [6.07, 6.45) is 0.0370. The number of carbonyl (C=O) groups is 6. The molecule has 0 bridgehead atoms. The highest BCUT2D eigenvalue weighted by molar-refractivity contribution is 6.38. The first-order valence-electron chi connectivity index (χ1n) is 14.1. The summed E-state index contributed by atoms with van der Waals surface area (Å²) < 4.78 is 5.61. The maximum Gasteiger partial charge on any atom is 0.326 e. The van der Waals surface area contributed by atoms with E-state index in [0.29, 0.717) is 11.1 Å². The number of Topliss-reactive ketones (excluding diaryl/α,β-unsaturated/α-hetero) is 1. The van der Waals surface area contributed by atoms with Gasteiger partial charge in [-0.3, -0.25) is 24.0 Å². The highest BCUT2D eigenvalue weighted by Gasteiger charge is 2.34. The van der Waals surface area contributed by atoms with Crippen LogP contribution in [0, 0.1) is 6.92 Å². The molecule has 1 aliphatic rings. The average Bonchev–Trinajstić information content (AvgIpc) is 3.32. The van der Waals surface area contributed by atoms with E-state index in [1.807, 2.05) is 25.1 Å². The van der Waals surface area contributed by atoms with Crippen LogP contribution >= 0.6 is 0 Å². The molecule has 4 rings (SSSR count). The lowest BCUT2D eigenvalue weighted by Gasteiger charge is -2.22. The molecular formula is C33H33N3O8. The summed E-state index contributed by atoms with van der Waals surface area (Å²) in [5.74, 6) is -5.37. The van der Waals surface area contributed by atoms with Crippen LogP contribution in [-0.4, -0.2) is 65.1 Å². The maximum atomic E-state index is 13.3. The first kappa shape index (κ1) is 31.8. The quantitative estimate of drug-likeness (QED) is 0.170. The van der Waals surface area contributed by atoms with Crippen LogP contribution in [0.2, 0.25) is 0 Å². The molecule has 3 aromatic rings. The van der Waals surface area contributed by atoms with Crippen LogP contribution in [0.3, 0.4) is 0 Å². The van der Waals surface area contributed by atoms with Crippen LogP contribution in [0.5, 0.6) is 0 Å². The number of benzene rings is 3. The van der Waals surface area contributed by atoms with Gasteiger partial charge < -0.3 is 25.8 Å². The maximum absolute atomic E-state index is 13.3. The minimum absolute atomic E-state index is 0.0370. The average molecular weight is 600 g/mol. The van der Waals surface area contributed by atoms with Crippen molar-refractivity contribution in [2.45, 2.75) is 51.9 Å². The minimum atomic E-state index is -1.48. The summed E-state index contributed by atoms with van der Waals surface area (Å²) in [6.45, 7) is 4.46. The summed E-state index contributed by atoms with van der Waals surface area (Å²) in [5.41, 5.74) is 3.84. The van der Waals surface area contributed by atoms with Crippen LogP contribution in [0.1, 0.15) is 57.7 Å². The third-order valence-corrected chi connectivity index (χ3v) is 7.33. The van der Waals surface area contributed by atoms with Crippen molar-refractivity contribution in [2.75, 3.05) is 6.61 Å². The van der Waals surface area contributed by atoms with E-state index in [-0.39, 0.29) is 29.9 Å². The summed E-state index contributed by atoms with van der Waals surface area (Å²) in [7, 11) is 0. The Morgan fingerprint density at radius 1 is 0.818 bits per heavy atom. The highest BCUT2D eigenvalue weighted by atomic mass is 16.5. The lowest BCUT2D eigenvalue weighted by atomic mass is 9.95. The zero-order valence-electron chi connectivity index (χ0n) is 24.5. The van der Waals surface area contributed by atoms with Crippen LogP contribution in [0.15, 0.2) is 66.7 Å². The van der Waals surface area contributed by atoms with Crippen LogP contribution < -0.4 is 16.0 Å². The Hall–Kier alpha value is -5.16. The largest absolute Gasteiger partial charge is 0.480 e. The smallest absolute Gasteiger partial charge is 0.326 e. The molecule has 44 heavy (non-hydrogen) atoms. The van der Waals surface area contributed by atoms with Crippen LogP contribution in [0.25, 0.3) is 11.1 Å². The van der Waals surface area contributed by atoms with E-state index in [0.717, 1.165) is 16.7 Å². The molecule has 0 fully saturated rings. The number of carbonyl (C=O) groups excluding carboxylic acids is 5. The minimum Gasteiger partial charge on any atom is -0.480 e. The van der Waals surface area contributed by atoms with Crippen LogP contribution in [0.4, 0.5) is 0 Å². The van der Waals surface area contributed by atoms with E-state index in [4.69, 9.17) is 4.74 Å². The summed E-state index contributed by atoms with van der Waals surface area (Å²) in [6, 6.07) is 15.4. The number of amides is 3. The van der Waals surface area contributed by atoms with E-state index in [1.165, 1.54) is 19.9 Å². The van der Waals surface area contributed by atoms with E-state index >= 15 is 0 Å². The molecule has 0 aliphatic heterocycles. The summed E-state index contributed by atoms with van der Waals surface area (Å²) >= 11 is 0. The zero-order valence-corrected chi connectivity index (χ0v) is 24.5. The second-order valence-electron chi connectivity index (χ2n) is 10.4. The Balaban J connectivity index is 1.48. The lowest BCUT2D eigenvalue weighted by molar-refractivity contribution is -0.145. The van der Waals surface area contributed by atoms with Gasteiger partial charge in [0.1, 0.15) is 18.1 Å². The van der Waals surface area contributed by atoms with Gasteiger partial charge in [0.15, 0.2) is 5.78 Å². The van der Waals surface area contributed by atoms with Crippen molar-refractivity contribution in [1.29, 1.82) is 0 Å². The van der Waals surface area contributed by atoms with Crippen molar-refractivity contribution in [2.24, 2.45) is 0 Å². The van der Waals surface area contributed by atoms with Gasteiger partial charge in [0.25, 0.3) is 11.8 Å². The second kappa shape index (κ2) is 13.9. The van der Waals surface area contributed by atoms with Gasteiger partial charge in [-0.15, -0.1) is 0 Å². The number of carboxylic acid groups (broad SMARTS) is 1. The summed E-state index contributed by atoms with van der Waals surface area (Å²) in [4.78, 5) is 76.8. The number of nitrogens with one attached hydrogen (secondary N) is 3. The molecule has 0 saturated carbocycles. The topological polar surface area (TPSA) is 168 Å². The van der Waals surface area contributed by atoms with Gasteiger partial charge in [-0.1, -0.05) is 67.6 Å². The Morgan fingerprint density at radius 2 is 1.48 bits per heavy atom. The number of aryl methyl sites for hydroxylation is 1. The number of hydrogen-bond donors (Lipinski definition) is 4. The molecule has 0 aromatic heterocycles. The van der Waals surface area contributed by atoms with Gasteiger partial charge in [-0.05, 0) is 48.6 Å². The molecule has 0 saturated heterocycles. The van der Waals surface area contributed by atoms with Gasteiger partial charge >= 0.3 is 5.97 Å². The number of aliphatic carboxylic acids is 1. The second-order valence-corrected chi connectivity index (χ2v) is 10.4. The standard InChI is InChI=1S/C33H33N3O8/c1-4-24(33(42)43)35-32(41)29(38)25(17-44-16-20-10-6-5-7-11-20)36-30(39)19(3)34-31(40)23-15-14-18(2)26-21-12-8-9-13-22(21)28(37)27(23)26/h5-15,19,24-25H,4,16-17H2,1-3H3,(H,34,40)(H,35,41)(H,36,39)(H,42,43)/t19-,24?,25?/m1/s1. The molecule has 0 heterocycles. The van der Waals surface area contributed by atoms with Crippen molar-refractivity contribution in [3.05, 3.63) is 94.5 Å². The van der Waals surface area contributed by atoms with Crippen molar-refractivity contribution in [3.8, 4) is 11.1 Å². The third kappa shape index (κ3) is 6.90. The number of rotatable bonds is 13. The molecule has 3 amide bonds. The normalized spacial score (nSPS) is 13.6. The molecule has 11 nitrogen and oxygen atoms in total. The van der Waals surface area contributed by atoms with Gasteiger partial charge in [0.2, 0.25) is 11.7 Å². The fraction of sp³-hybridized carbons (Fsp3) is 0.273. The van der Waals surface area contributed by atoms with Crippen molar-refractivity contribution >= 4 is 35.3 Å². The fourth-order valence-corrected chi connectivity index (χ4v) is 4.93. The van der Waals surface area contributed by atoms with E-state index in [1.54, 1.807) is 42.5 Å². The van der Waals surface area contributed by atoms with Gasteiger partial charge in [-0.2, -0.15) is 0 Å². The molecule has 3 aromatic carbocycles. The van der Waals surface area contributed by atoms with Gasteiger partial charge in [0, 0.05) is 11.1 Å². The van der Waals surface area contributed by atoms with E-state index in [9.17, 15) is 33.9 Å². The predicted molar refractivity (Wildman–Crippen MR) is 160 cm³/mol. The first-order chi connectivity index (χ1) is 21.0. The Bertz CT molecular complexity index is 1620. The molecule has 0 radical (unpaired) electrons. The number of fused-ring (bicyclic) bond motifs is 3. The van der Waals surface area contributed by atoms with E-state index in [2.05, 4.69) is 16.0 Å². The summed E-state index contributed by atoms with van der Waals surface area (Å²) in [5, 5.41) is 16.4. The van der Waals surface area contributed by atoms with Gasteiger partial charge in [0.05, 0.1) is 18.8 Å². The molecule has 3 atom stereocenters. The highest BCUT2D eigenvalue weighted by Crippen LogP contribution is 2.40. The zero-order chi connectivity index (χ0) is 32.0. The molecule has 2 unspecified atom stereocenters. The number of ketones is 2. The Labute approximate surface area is 254 Å². The molecule has 11 heteroatoms. The number of carboxylic acids is 1.